The number of carbonyl (C=O) groups is 1. The minimum atomic E-state index is 0.106. The van der Waals surface area contributed by atoms with E-state index in [0.29, 0.717) is 6.54 Å². The van der Waals surface area contributed by atoms with Crippen LogP contribution in [0.5, 0.6) is 5.19 Å². The molecule has 0 saturated carbocycles. The monoisotopic (exact) mass is 283 g/mol. The van der Waals surface area contributed by atoms with Gasteiger partial charge in [0.25, 0.3) is 5.19 Å². The summed E-state index contributed by atoms with van der Waals surface area (Å²) < 4.78 is 5.79. The molecule has 0 bridgehead atoms. The summed E-state index contributed by atoms with van der Waals surface area (Å²) in [5.41, 5.74) is 0. The zero-order valence-electron chi connectivity index (χ0n) is 11.5. The number of amides is 1. The van der Waals surface area contributed by atoms with E-state index in [1.807, 2.05) is 19.2 Å². The topological polar surface area (TPSA) is 54.5 Å². The van der Waals surface area contributed by atoms with Crippen molar-refractivity contribution in [3.05, 3.63) is 11.6 Å². The Bertz CT molecular complexity index is 387. The van der Waals surface area contributed by atoms with Gasteiger partial charge in [-0.3, -0.25) is 9.69 Å². The van der Waals surface area contributed by atoms with Crippen molar-refractivity contribution in [3.63, 3.8) is 0 Å². The Hall–Kier alpha value is -1.14. The van der Waals surface area contributed by atoms with Crippen LogP contribution in [0.1, 0.15) is 26.7 Å². The third kappa shape index (κ3) is 4.80. The summed E-state index contributed by atoms with van der Waals surface area (Å²) >= 11 is 1.52. The van der Waals surface area contributed by atoms with Crippen molar-refractivity contribution in [3.8, 4) is 5.19 Å². The molecule has 2 heterocycles. The molecule has 1 amide bonds. The van der Waals surface area contributed by atoms with E-state index in [4.69, 9.17) is 4.74 Å². The number of likely N-dealkylation sites (tertiary alicyclic amines) is 1. The highest BCUT2D eigenvalue weighted by molar-refractivity contribution is 7.11. The summed E-state index contributed by atoms with van der Waals surface area (Å²) in [6, 6.07) is 0.207. The lowest BCUT2D eigenvalue weighted by atomic mass is 10.1. The van der Waals surface area contributed by atoms with Crippen molar-refractivity contribution in [2.24, 2.45) is 0 Å². The van der Waals surface area contributed by atoms with Gasteiger partial charge >= 0.3 is 0 Å². The van der Waals surface area contributed by atoms with Gasteiger partial charge in [-0.15, -0.1) is 0 Å². The van der Waals surface area contributed by atoms with Gasteiger partial charge in [-0.05, 0) is 26.7 Å². The molecule has 1 aliphatic rings. The number of nitrogens with one attached hydrogen (secondary N) is 1. The molecular formula is C13H21N3O2S. The van der Waals surface area contributed by atoms with Crippen LogP contribution in [-0.4, -0.2) is 47.6 Å². The second kappa shape index (κ2) is 6.86. The summed E-state index contributed by atoms with van der Waals surface area (Å²) in [6.07, 6.45) is 3.89. The Kier molecular flexibility index (Phi) is 5.15. The standard InChI is InChI=1S/C13H21N3O2S/c1-10(2)15-12(17)9-16-6-3-11(4-7-16)18-13-14-5-8-19-13/h5,8,10-11H,3-4,6-7,9H2,1-2H3,(H,15,17). The molecule has 1 aromatic rings. The van der Waals surface area contributed by atoms with Crippen molar-refractivity contribution in [2.75, 3.05) is 19.6 Å². The van der Waals surface area contributed by atoms with Crippen LogP contribution in [0.3, 0.4) is 0 Å². The molecule has 1 N–H and O–H groups in total. The zero-order chi connectivity index (χ0) is 13.7. The second-order valence-electron chi connectivity index (χ2n) is 5.11. The van der Waals surface area contributed by atoms with E-state index in [-0.39, 0.29) is 18.1 Å². The number of rotatable bonds is 5. The molecule has 106 valence electrons. The molecule has 0 aliphatic carbocycles. The predicted octanol–water partition coefficient (Wildman–Crippen LogP) is 1.51. The van der Waals surface area contributed by atoms with Crippen LogP contribution < -0.4 is 10.1 Å². The van der Waals surface area contributed by atoms with Crippen molar-refractivity contribution in [1.82, 2.24) is 15.2 Å². The van der Waals surface area contributed by atoms with E-state index in [1.54, 1.807) is 6.20 Å². The van der Waals surface area contributed by atoms with Crippen LogP contribution in [0, 0.1) is 0 Å². The number of ether oxygens (including phenoxy) is 1. The lowest BCUT2D eigenvalue weighted by molar-refractivity contribution is -0.123. The lowest BCUT2D eigenvalue weighted by Crippen LogP contribution is -2.45. The van der Waals surface area contributed by atoms with Crippen LogP contribution in [0.2, 0.25) is 0 Å². The summed E-state index contributed by atoms with van der Waals surface area (Å²) in [5.74, 6) is 0.106. The first-order chi connectivity index (χ1) is 9.13. The minimum absolute atomic E-state index is 0.106. The first-order valence-corrected chi connectivity index (χ1v) is 7.59. The SMILES string of the molecule is CC(C)NC(=O)CN1CCC(Oc2nccs2)CC1. The number of aromatic nitrogens is 1. The van der Waals surface area contributed by atoms with Gasteiger partial charge in [0.2, 0.25) is 5.91 Å². The summed E-state index contributed by atoms with van der Waals surface area (Å²) in [6.45, 7) is 6.25. The Morgan fingerprint density at radius 1 is 1.58 bits per heavy atom. The van der Waals surface area contributed by atoms with Gasteiger partial charge in [0.15, 0.2) is 0 Å². The molecular weight excluding hydrogens is 262 g/mol. The van der Waals surface area contributed by atoms with E-state index < -0.39 is 0 Å². The molecule has 1 aliphatic heterocycles. The first-order valence-electron chi connectivity index (χ1n) is 6.71. The number of hydrogen-bond acceptors (Lipinski definition) is 5. The van der Waals surface area contributed by atoms with Crippen LogP contribution in [0.4, 0.5) is 0 Å². The van der Waals surface area contributed by atoms with Gasteiger partial charge in [0.1, 0.15) is 6.10 Å². The fourth-order valence-corrected chi connectivity index (χ4v) is 2.72. The van der Waals surface area contributed by atoms with E-state index >= 15 is 0 Å². The summed E-state index contributed by atoms with van der Waals surface area (Å²) in [5, 5.41) is 5.58. The molecule has 0 atom stereocenters. The fraction of sp³-hybridized carbons (Fsp3) is 0.692. The van der Waals surface area contributed by atoms with E-state index in [9.17, 15) is 4.79 Å². The smallest absolute Gasteiger partial charge is 0.273 e. The summed E-state index contributed by atoms with van der Waals surface area (Å²) in [7, 11) is 0. The molecule has 0 spiro atoms. The van der Waals surface area contributed by atoms with Crippen LogP contribution in [0.25, 0.3) is 0 Å². The summed E-state index contributed by atoms with van der Waals surface area (Å²) in [4.78, 5) is 18.0. The number of hydrogen-bond donors (Lipinski definition) is 1. The van der Waals surface area contributed by atoms with E-state index in [0.717, 1.165) is 31.1 Å². The van der Waals surface area contributed by atoms with Crippen molar-refractivity contribution < 1.29 is 9.53 Å². The molecule has 1 saturated heterocycles. The molecule has 0 aromatic carbocycles. The molecule has 2 rings (SSSR count). The third-order valence-electron chi connectivity index (χ3n) is 3.03. The average Bonchev–Trinajstić information content (AvgIpc) is 2.83. The van der Waals surface area contributed by atoms with Crippen molar-refractivity contribution >= 4 is 17.2 Å². The molecule has 5 nitrogen and oxygen atoms in total. The normalized spacial score (nSPS) is 17.6. The lowest BCUT2D eigenvalue weighted by Gasteiger charge is -2.31. The van der Waals surface area contributed by atoms with Crippen LogP contribution in [0.15, 0.2) is 11.6 Å². The van der Waals surface area contributed by atoms with Gasteiger partial charge in [-0.1, -0.05) is 11.3 Å². The molecule has 1 fully saturated rings. The number of piperidine rings is 1. The number of nitrogens with zero attached hydrogens (tertiary/aromatic N) is 2. The quantitative estimate of drug-likeness (QED) is 0.890. The number of thiazole rings is 1. The van der Waals surface area contributed by atoms with Crippen molar-refractivity contribution in [1.29, 1.82) is 0 Å². The maximum absolute atomic E-state index is 11.7. The van der Waals surface area contributed by atoms with Gasteiger partial charge in [0, 0.05) is 30.7 Å². The van der Waals surface area contributed by atoms with Crippen LogP contribution >= 0.6 is 11.3 Å². The van der Waals surface area contributed by atoms with Gasteiger partial charge < -0.3 is 10.1 Å². The highest BCUT2D eigenvalue weighted by Gasteiger charge is 2.22. The zero-order valence-corrected chi connectivity index (χ0v) is 12.3. The largest absolute Gasteiger partial charge is 0.467 e. The molecule has 1 aromatic heterocycles. The number of carbonyl (C=O) groups excluding carboxylic acids is 1. The Balaban J connectivity index is 1.69. The first kappa shape index (κ1) is 14.3. The minimum Gasteiger partial charge on any atom is -0.467 e. The Morgan fingerprint density at radius 3 is 2.89 bits per heavy atom. The van der Waals surface area contributed by atoms with Gasteiger partial charge in [0.05, 0.1) is 6.54 Å². The van der Waals surface area contributed by atoms with Gasteiger partial charge in [-0.2, -0.15) is 0 Å². The molecule has 6 heteroatoms. The van der Waals surface area contributed by atoms with Crippen molar-refractivity contribution in [2.45, 2.75) is 38.8 Å². The third-order valence-corrected chi connectivity index (χ3v) is 3.69. The highest BCUT2D eigenvalue weighted by Crippen LogP contribution is 2.20. The fourth-order valence-electron chi connectivity index (χ4n) is 2.17. The van der Waals surface area contributed by atoms with E-state index in [2.05, 4.69) is 15.2 Å². The second-order valence-corrected chi connectivity index (χ2v) is 5.97. The van der Waals surface area contributed by atoms with Gasteiger partial charge in [-0.25, -0.2) is 4.98 Å². The van der Waals surface area contributed by atoms with Crippen LogP contribution in [-0.2, 0) is 4.79 Å². The molecule has 0 radical (unpaired) electrons. The predicted molar refractivity (Wildman–Crippen MR) is 75.5 cm³/mol. The molecule has 0 unspecified atom stereocenters. The Morgan fingerprint density at radius 2 is 2.32 bits per heavy atom. The van der Waals surface area contributed by atoms with E-state index in [1.165, 1.54) is 11.3 Å². The highest BCUT2D eigenvalue weighted by atomic mass is 32.1. The maximum Gasteiger partial charge on any atom is 0.273 e. The average molecular weight is 283 g/mol. The maximum atomic E-state index is 11.7. The Labute approximate surface area is 118 Å². The molecule has 19 heavy (non-hydrogen) atoms.